The van der Waals surface area contributed by atoms with Crippen molar-refractivity contribution >= 4 is 35.0 Å². The molecule has 1 heterocycles. The molecule has 0 bridgehead atoms. The Kier molecular flexibility index (Phi) is 4.35. The average molecular weight is 270 g/mol. The number of hydrogen-bond acceptors (Lipinski definition) is 2. The molecule has 4 heteroatoms. The molecule has 0 aromatic heterocycles. The predicted molar refractivity (Wildman–Crippen MR) is 74.8 cm³/mol. The van der Waals surface area contributed by atoms with Crippen molar-refractivity contribution in [1.29, 1.82) is 0 Å². The van der Waals surface area contributed by atoms with Crippen LogP contribution in [0.15, 0.2) is 24.3 Å². The van der Waals surface area contributed by atoms with Gasteiger partial charge in [0.05, 0.1) is 5.38 Å². The summed E-state index contributed by atoms with van der Waals surface area (Å²) in [5.74, 6) is 2.30. The van der Waals surface area contributed by atoms with Gasteiger partial charge in [0.2, 0.25) is 5.91 Å². The van der Waals surface area contributed by atoms with Gasteiger partial charge in [-0.3, -0.25) is 4.79 Å². The molecular weight excluding hydrogens is 254 g/mol. The minimum atomic E-state index is -0.0931. The predicted octanol–water partition coefficient (Wildman–Crippen LogP) is 3.68. The Morgan fingerprint density at radius 2 is 2.29 bits per heavy atom. The van der Waals surface area contributed by atoms with E-state index < -0.39 is 0 Å². The van der Waals surface area contributed by atoms with Gasteiger partial charge in [-0.2, -0.15) is 11.8 Å². The van der Waals surface area contributed by atoms with Crippen LogP contribution in [0.5, 0.6) is 0 Å². The van der Waals surface area contributed by atoms with Crippen molar-refractivity contribution in [2.24, 2.45) is 5.92 Å². The highest BCUT2D eigenvalue weighted by Gasteiger charge is 2.23. The van der Waals surface area contributed by atoms with Gasteiger partial charge in [0.25, 0.3) is 0 Å². The van der Waals surface area contributed by atoms with Crippen molar-refractivity contribution in [1.82, 2.24) is 0 Å². The smallest absolute Gasteiger partial charge is 0.228 e. The van der Waals surface area contributed by atoms with Crippen LogP contribution in [0.3, 0.4) is 0 Å². The van der Waals surface area contributed by atoms with Crippen molar-refractivity contribution in [2.45, 2.75) is 18.7 Å². The number of carbonyl (C=O) groups excluding carboxylic acids is 1. The minimum absolute atomic E-state index is 0.0931. The highest BCUT2D eigenvalue weighted by atomic mass is 35.5. The van der Waals surface area contributed by atoms with Crippen LogP contribution >= 0.6 is 23.4 Å². The second-order valence-electron chi connectivity index (χ2n) is 4.25. The second kappa shape index (κ2) is 5.78. The molecule has 1 amide bonds. The molecule has 1 aromatic rings. The molecule has 0 aliphatic carbocycles. The monoisotopic (exact) mass is 269 g/mol. The van der Waals surface area contributed by atoms with Crippen LogP contribution in [0.25, 0.3) is 0 Å². The Morgan fingerprint density at radius 1 is 1.53 bits per heavy atom. The standard InChI is InChI=1S/C13H16ClNOS/c1-9(14)11-4-2-3-5-12(11)15-13(16)10-6-7-17-8-10/h2-5,9-10H,6-8H2,1H3,(H,15,16). The number of hydrogen-bond donors (Lipinski definition) is 1. The summed E-state index contributed by atoms with van der Waals surface area (Å²) >= 11 is 7.94. The van der Waals surface area contributed by atoms with E-state index in [4.69, 9.17) is 11.6 Å². The molecule has 1 fully saturated rings. The van der Waals surface area contributed by atoms with E-state index in [2.05, 4.69) is 5.32 Å². The molecule has 1 saturated heterocycles. The van der Waals surface area contributed by atoms with E-state index in [1.165, 1.54) is 0 Å². The zero-order valence-corrected chi connectivity index (χ0v) is 11.4. The molecule has 1 aliphatic heterocycles. The van der Waals surface area contributed by atoms with Gasteiger partial charge >= 0.3 is 0 Å². The number of thioether (sulfide) groups is 1. The lowest BCUT2D eigenvalue weighted by molar-refractivity contribution is -0.119. The van der Waals surface area contributed by atoms with Crippen LogP contribution in [0.4, 0.5) is 5.69 Å². The molecule has 0 saturated carbocycles. The van der Waals surface area contributed by atoms with E-state index in [1.807, 2.05) is 43.0 Å². The first-order valence-corrected chi connectivity index (χ1v) is 7.39. The van der Waals surface area contributed by atoms with Crippen LogP contribution in [0.1, 0.15) is 24.3 Å². The number of amides is 1. The van der Waals surface area contributed by atoms with Crippen molar-refractivity contribution in [2.75, 3.05) is 16.8 Å². The Labute approximate surface area is 111 Å². The van der Waals surface area contributed by atoms with Gasteiger partial charge in [0, 0.05) is 17.4 Å². The number of anilines is 1. The summed E-state index contributed by atoms with van der Waals surface area (Å²) < 4.78 is 0. The average Bonchev–Trinajstić information content (AvgIpc) is 2.83. The molecule has 2 nitrogen and oxygen atoms in total. The van der Waals surface area contributed by atoms with Crippen LogP contribution in [0, 0.1) is 5.92 Å². The molecule has 1 N–H and O–H groups in total. The number of para-hydroxylation sites is 1. The van der Waals surface area contributed by atoms with E-state index in [1.54, 1.807) is 0 Å². The lowest BCUT2D eigenvalue weighted by atomic mass is 10.1. The summed E-state index contributed by atoms with van der Waals surface area (Å²) in [5.41, 5.74) is 1.82. The summed E-state index contributed by atoms with van der Waals surface area (Å²) in [5, 5.41) is 2.90. The van der Waals surface area contributed by atoms with Crippen LogP contribution in [-0.4, -0.2) is 17.4 Å². The topological polar surface area (TPSA) is 29.1 Å². The largest absolute Gasteiger partial charge is 0.326 e. The fourth-order valence-electron chi connectivity index (χ4n) is 1.93. The highest BCUT2D eigenvalue weighted by molar-refractivity contribution is 7.99. The Hall–Kier alpha value is -0.670. The van der Waals surface area contributed by atoms with Crippen LogP contribution in [-0.2, 0) is 4.79 Å². The normalized spacial score (nSPS) is 21.2. The highest BCUT2D eigenvalue weighted by Crippen LogP contribution is 2.29. The maximum Gasteiger partial charge on any atom is 0.228 e. The third-order valence-corrected chi connectivity index (χ3v) is 4.35. The number of alkyl halides is 1. The molecule has 2 rings (SSSR count). The van der Waals surface area contributed by atoms with Crippen LogP contribution < -0.4 is 5.32 Å². The first-order chi connectivity index (χ1) is 8.18. The van der Waals surface area contributed by atoms with Gasteiger partial charge in [0.1, 0.15) is 0 Å². The van der Waals surface area contributed by atoms with Gasteiger partial charge < -0.3 is 5.32 Å². The lowest BCUT2D eigenvalue weighted by Crippen LogP contribution is -2.23. The van der Waals surface area contributed by atoms with Crippen molar-refractivity contribution < 1.29 is 4.79 Å². The molecule has 2 atom stereocenters. The molecule has 1 aromatic carbocycles. The van der Waals surface area contributed by atoms with Crippen LogP contribution in [0.2, 0.25) is 0 Å². The van der Waals surface area contributed by atoms with Gasteiger partial charge in [-0.05, 0) is 30.7 Å². The summed E-state index contributed by atoms with van der Waals surface area (Å²) in [4.78, 5) is 12.0. The van der Waals surface area contributed by atoms with Gasteiger partial charge in [-0.15, -0.1) is 11.6 Å². The molecule has 0 radical (unpaired) electrons. The second-order valence-corrected chi connectivity index (χ2v) is 6.06. The maximum absolute atomic E-state index is 12.0. The number of benzene rings is 1. The SMILES string of the molecule is CC(Cl)c1ccccc1NC(=O)C1CCSC1. The van der Waals surface area contributed by atoms with Crippen molar-refractivity contribution in [3.05, 3.63) is 29.8 Å². The number of halogens is 1. The number of nitrogens with one attached hydrogen (secondary N) is 1. The Balaban J connectivity index is 2.09. The van der Waals surface area contributed by atoms with Crippen molar-refractivity contribution in [3.8, 4) is 0 Å². The summed E-state index contributed by atoms with van der Waals surface area (Å²) in [6.07, 6.45) is 0.981. The Morgan fingerprint density at radius 3 is 2.94 bits per heavy atom. The minimum Gasteiger partial charge on any atom is -0.326 e. The first-order valence-electron chi connectivity index (χ1n) is 5.80. The van der Waals surface area contributed by atoms with Gasteiger partial charge in [-0.25, -0.2) is 0 Å². The summed E-state index contributed by atoms with van der Waals surface area (Å²) in [6.45, 7) is 1.91. The number of carbonyl (C=O) groups is 1. The zero-order chi connectivity index (χ0) is 12.3. The molecule has 0 spiro atoms. The number of rotatable bonds is 3. The molecule has 92 valence electrons. The fourth-order valence-corrected chi connectivity index (χ4v) is 3.34. The molecule has 2 unspecified atom stereocenters. The van der Waals surface area contributed by atoms with E-state index in [0.29, 0.717) is 0 Å². The lowest BCUT2D eigenvalue weighted by Gasteiger charge is -2.14. The Bertz CT molecular complexity index is 402. The van der Waals surface area contributed by atoms with Gasteiger partial charge in [0.15, 0.2) is 0 Å². The molecular formula is C13H16ClNOS. The van der Waals surface area contributed by atoms with E-state index in [9.17, 15) is 4.79 Å². The summed E-state index contributed by atoms with van der Waals surface area (Å²) in [7, 11) is 0. The third-order valence-electron chi connectivity index (χ3n) is 2.95. The van der Waals surface area contributed by atoms with Gasteiger partial charge in [-0.1, -0.05) is 18.2 Å². The van der Waals surface area contributed by atoms with E-state index >= 15 is 0 Å². The fraction of sp³-hybridized carbons (Fsp3) is 0.462. The maximum atomic E-state index is 12.0. The third kappa shape index (κ3) is 3.17. The zero-order valence-electron chi connectivity index (χ0n) is 9.78. The quantitative estimate of drug-likeness (QED) is 0.848. The summed E-state index contributed by atoms with van der Waals surface area (Å²) in [6, 6.07) is 7.72. The molecule has 1 aliphatic rings. The first kappa shape index (κ1) is 12.8. The van der Waals surface area contributed by atoms with Crippen molar-refractivity contribution in [3.63, 3.8) is 0 Å². The van der Waals surface area contributed by atoms with E-state index in [-0.39, 0.29) is 17.2 Å². The molecule has 17 heavy (non-hydrogen) atoms. The van der Waals surface area contributed by atoms with E-state index in [0.717, 1.165) is 29.2 Å².